The molecule has 6 heteroatoms. The third-order valence-corrected chi connectivity index (χ3v) is 3.70. The molecule has 2 unspecified atom stereocenters. The summed E-state index contributed by atoms with van der Waals surface area (Å²) in [5.41, 5.74) is 0. The molecule has 0 aliphatic carbocycles. The number of hydrogen-bond acceptors (Lipinski definition) is 3. The summed E-state index contributed by atoms with van der Waals surface area (Å²) in [6, 6.07) is -0.0421. The Morgan fingerprint density at radius 2 is 2.31 bits per heavy atom. The van der Waals surface area contributed by atoms with Crippen LogP contribution in [0.15, 0.2) is 0 Å². The lowest BCUT2D eigenvalue weighted by molar-refractivity contribution is -0.140. The number of thioether (sulfide) groups is 1. The van der Waals surface area contributed by atoms with Gasteiger partial charge in [0.15, 0.2) is 0 Å². The van der Waals surface area contributed by atoms with E-state index >= 15 is 0 Å². The average Bonchev–Trinajstić information content (AvgIpc) is 2.27. The number of carbonyl (C=O) groups is 2. The molecule has 0 spiro atoms. The van der Waals surface area contributed by atoms with E-state index in [0.717, 1.165) is 24.3 Å². The number of nitrogens with one attached hydrogen (secondary N) is 2. The summed E-state index contributed by atoms with van der Waals surface area (Å²) in [7, 11) is 0. The SMILES string of the molecule is CC(CNC(=O)NC1CCCSC1)C(=O)O. The van der Waals surface area contributed by atoms with E-state index in [4.69, 9.17) is 5.11 Å². The largest absolute Gasteiger partial charge is 0.481 e. The zero-order valence-corrected chi connectivity index (χ0v) is 10.2. The van der Waals surface area contributed by atoms with Crippen LogP contribution in [0, 0.1) is 5.92 Å². The minimum absolute atomic E-state index is 0.168. The molecule has 1 rings (SSSR count). The van der Waals surface area contributed by atoms with E-state index in [1.165, 1.54) is 0 Å². The van der Waals surface area contributed by atoms with E-state index in [-0.39, 0.29) is 18.6 Å². The number of carboxylic acid groups (broad SMARTS) is 1. The molecular weight excluding hydrogens is 228 g/mol. The summed E-state index contributed by atoms with van der Waals surface area (Å²) < 4.78 is 0. The number of carbonyl (C=O) groups excluding carboxylic acids is 1. The molecule has 0 radical (unpaired) electrons. The van der Waals surface area contributed by atoms with Crippen molar-refractivity contribution in [1.29, 1.82) is 0 Å². The van der Waals surface area contributed by atoms with Gasteiger partial charge in [-0.15, -0.1) is 0 Å². The van der Waals surface area contributed by atoms with Gasteiger partial charge in [-0.2, -0.15) is 11.8 Å². The summed E-state index contributed by atoms with van der Waals surface area (Å²) >= 11 is 1.84. The molecule has 1 saturated heterocycles. The molecule has 92 valence electrons. The molecule has 1 aliphatic rings. The van der Waals surface area contributed by atoms with Gasteiger partial charge >= 0.3 is 12.0 Å². The molecule has 3 N–H and O–H groups in total. The van der Waals surface area contributed by atoms with Crippen molar-refractivity contribution in [3.8, 4) is 0 Å². The van der Waals surface area contributed by atoms with Gasteiger partial charge in [0.25, 0.3) is 0 Å². The minimum atomic E-state index is -0.895. The second kappa shape index (κ2) is 6.62. The van der Waals surface area contributed by atoms with Crippen LogP contribution in [0.4, 0.5) is 4.79 Å². The van der Waals surface area contributed by atoms with Crippen molar-refractivity contribution < 1.29 is 14.7 Å². The molecule has 0 bridgehead atoms. The van der Waals surface area contributed by atoms with Crippen molar-refractivity contribution in [2.45, 2.75) is 25.8 Å². The van der Waals surface area contributed by atoms with Crippen molar-refractivity contribution in [3.63, 3.8) is 0 Å². The maximum absolute atomic E-state index is 11.4. The van der Waals surface area contributed by atoms with Crippen molar-refractivity contribution in [1.82, 2.24) is 10.6 Å². The Bertz CT molecular complexity index is 254. The number of carboxylic acids is 1. The fraction of sp³-hybridized carbons (Fsp3) is 0.800. The highest BCUT2D eigenvalue weighted by Gasteiger charge is 2.17. The molecule has 1 heterocycles. The maximum Gasteiger partial charge on any atom is 0.315 e. The second-order valence-electron chi connectivity index (χ2n) is 4.01. The summed E-state index contributed by atoms with van der Waals surface area (Å²) in [6.45, 7) is 1.74. The van der Waals surface area contributed by atoms with Crippen LogP contribution in [0.25, 0.3) is 0 Å². The number of urea groups is 1. The summed E-state index contributed by atoms with van der Waals surface area (Å²) in [5, 5.41) is 14.1. The zero-order chi connectivity index (χ0) is 12.0. The van der Waals surface area contributed by atoms with Crippen LogP contribution in [-0.2, 0) is 4.79 Å². The lowest BCUT2D eigenvalue weighted by Gasteiger charge is -2.22. The number of hydrogen-bond donors (Lipinski definition) is 3. The van der Waals surface area contributed by atoms with Gasteiger partial charge in [-0.1, -0.05) is 6.92 Å². The third-order valence-electron chi connectivity index (χ3n) is 2.49. The van der Waals surface area contributed by atoms with Crippen LogP contribution in [0.3, 0.4) is 0 Å². The molecule has 0 saturated carbocycles. The molecular formula is C10H18N2O3S. The second-order valence-corrected chi connectivity index (χ2v) is 5.16. The highest BCUT2D eigenvalue weighted by Crippen LogP contribution is 2.16. The molecule has 2 atom stereocenters. The Labute approximate surface area is 99.4 Å². The van der Waals surface area contributed by atoms with E-state index < -0.39 is 11.9 Å². The average molecular weight is 246 g/mol. The molecule has 0 aromatic carbocycles. The van der Waals surface area contributed by atoms with Gasteiger partial charge < -0.3 is 15.7 Å². The van der Waals surface area contributed by atoms with Gasteiger partial charge in [0, 0.05) is 18.3 Å². The van der Waals surface area contributed by atoms with Crippen LogP contribution in [-0.4, -0.2) is 41.2 Å². The van der Waals surface area contributed by atoms with E-state index in [2.05, 4.69) is 10.6 Å². The van der Waals surface area contributed by atoms with Gasteiger partial charge in [0.2, 0.25) is 0 Å². The van der Waals surface area contributed by atoms with Gasteiger partial charge in [-0.3, -0.25) is 4.79 Å². The monoisotopic (exact) mass is 246 g/mol. The zero-order valence-electron chi connectivity index (χ0n) is 9.36. The first kappa shape index (κ1) is 13.2. The lowest BCUT2D eigenvalue weighted by Crippen LogP contribution is -2.45. The Hall–Kier alpha value is -0.910. The van der Waals surface area contributed by atoms with E-state index in [1.54, 1.807) is 6.92 Å². The first-order chi connectivity index (χ1) is 7.59. The van der Waals surface area contributed by atoms with E-state index in [9.17, 15) is 9.59 Å². The normalized spacial score (nSPS) is 22.2. The first-order valence-electron chi connectivity index (χ1n) is 5.44. The van der Waals surface area contributed by atoms with Crippen molar-refractivity contribution >= 4 is 23.8 Å². The Kier molecular flexibility index (Phi) is 5.45. The Morgan fingerprint density at radius 3 is 2.88 bits per heavy atom. The highest BCUT2D eigenvalue weighted by atomic mass is 32.2. The van der Waals surface area contributed by atoms with E-state index in [0.29, 0.717) is 0 Å². The third kappa shape index (κ3) is 4.74. The fourth-order valence-electron chi connectivity index (χ4n) is 1.42. The molecule has 16 heavy (non-hydrogen) atoms. The smallest absolute Gasteiger partial charge is 0.315 e. The van der Waals surface area contributed by atoms with Crippen LogP contribution in [0.1, 0.15) is 19.8 Å². The molecule has 0 aromatic rings. The van der Waals surface area contributed by atoms with Crippen LogP contribution in [0.2, 0.25) is 0 Å². The van der Waals surface area contributed by atoms with E-state index in [1.807, 2.05) is 11.8 Å². The van der Waals surface area contributed by atoms with Gasteiger partial charge in [-0.25, -0.2) is 4.79 Å². The van der Waals surface area contributed by atoms with Crippen LogP contribution >= 0.6 is 11.8 Å². The van der Waals surface area contributed by atoms with Crippen molar-refractivity contribution in [3.05, 3.63) is 0 Å². The van der Waals surface area contributed by atoms with Crippen molar-refractivity contribution in [2.75, 3.05) is 18.1 Å². The highest BCUT2D eigenvalue weighted by molar-refractivity contribution is 7.99. The van der Waals surface area contributed by atoms with Gasteiger partial charge in [-0.05, 0) is 18.6 Å². The number of amides is 2. The summed E-state index contributed by atoms with van der Waals surface area (Å²) in [4.78, 5) is 21.9. The van der Waals surface area contributed by atoms with Crippen LogP contribution in [0.5, 0.6) is 0 Å². The Balaban J connectivity index is 2.17. The number of aliphatic carboxylic acids is 1. The quantitative estimate of drug-likeness (QED) is 0.688. The lowest BCUT2D eigenvalue weighted by atomic mass is 10.2. The Morgan fingerprint density at radius 1 is 1.56 bits per heavy atom. The van der Waals surface area contributed by atoms with Gasteiger partial charge in [0.05, 0.1) is 5.92 Å². The summed E-state index contributed by atoms with van der Waals surface area (Å²) in [6.07, 6.45) is 2.13. The molecule has 2 amide bonds. The molecule has 0 aromatic heterocycles. The predicted molar refractivity (Wildman–Crippen MR) is 63.7 cm³/mol. The standard InChI is InChI=1S/C10H18N2O3S/c1-7(9(13)14)5-11-10(15)12-8-3-2-4-16-6-8/h7-8H,2-6H2,1H3,(H,13,14)(H2,11,12,15). The molecule has 1 fully saturated rings. The van der Waals surface area contributed by atoms with Crippen molar-refractivity contribution in [2.24, 2.45) is 5.92 Å². The fourth-order valence-corrected chi connectivity index (χ4v) is 2.50. The molecule has 1 aliphatic heterocycles. The maximum atomic E-state index is 11.4. The minimum Gasteiger partial charge on any atom is -0.481 e. The summed E-state index contributed by atoms with van der Waals surface area (Å²) in [5.74, 6) is 0.664. The topological polar surface area (TPSA) is 78.4 Å². The predicted octanol–water partition coefficient (Wildman–Crippen LogP) is 0.902. The van der Waals surface area contributed by atoms with Crippen LogP contribution < -0.4 is 10.6 Å². The first-order valence-corrected chi connectivity index (χ1v) is 6.60. The number of rotatable bonds is 4. The van der Waals surface area contributed by atoms with Gasteiger partial charge in [0.1, 0.15) is 0 Å². The molecule has 5 nitrogen and oxygen atoms in total.